The highest BCUT2D eigenvalue weighted by atomic mass is 16.5. The molecular weight excluding hydrogens is 1500 g/mol. The van der Waals surface area contributed by atoms with Gasteiger partial charge in [-0.05, 0) is 272 Å². The van der Waals surface area contributed by atoms with Gasteiger partial charge in [-0.2, -0.15) is 0 Å². The predicted molar refractivity (Wildman–Crippen MR) is 522 cm³/mol. The lowest BCUT2D eigenvalue weighted by molar-refractivity contribution is 0.478. The minimum atomic E-state index is -0.331. The number of ether oxygens (including phenoxy) is 1. The van der Waals surface area contributed by atoms with E-state index in [0.717, 1.165) is 186 Å². The van der Waals surface area contributed by atoms with E-state index in [4.69, 9.17) is 4.74 Å². The molecule has 0 unspecified atom stereocenters. The van der Waals surface area contributed by atoms with Gasteiger partial charge in [0.15, 0.2) is 11.5 Å². The molecule has 0 aromatic heterocycles. The standard InChI is InChI=1S/C115H74B3N5O/c1-73-56-104-110-105(57-73)121(92-66-86(78-40-18-6-19-41-78)60-87(67-92)79-42-20-7-21-43-79)102-71-103-99(70-98(102)117(110)95-49-27-29-53-101(95)119(104)90-62-82(74-32-10-2-11-33-74)58-83(63-90)75-34-12-3-13-35-75)118-97-51-31-55-109-114(97)123-113-96(50-30-54-108(113)124-109)116-94-48-26-28-52-100(94)120(91-64-84(76-36-14-4-15-37-76)59-85(65-91)77-38-16-5-17-39-77)106-72-107(112(118)115(123)111(106)116)122(103)93-68-88(80-44-22-8-23-45-80)61-89(69-93)81-46-24-9-25-47-81/h2-72H,1H3. The first-order chi connectivity index (χ1) is 61.4. The molecule has 124 heavy (non-hydrogen) atoms. The summed E-state index contributed by atoms with van der Waals surface area (Å²) in [5.74, 6) is 1.69. The van der Waals surface area contributed by atoms with Crippen molar-refractivity contribution < 1.29 is 4.74 Å². The minimum absolute atomic E-state index is 0.196. The van der Waals surface area contributed by atoms with Gasteiger partial charge in [-0.15, -0.1) is 0 Å². The number of rotatable bonds is 12. The summed E-state index contributed by atoms with van der Waals surface area (Å²) in [6, 6.07) is 162. The molecular formula is C115H74B3N5O. The Morgan fingerprint density at radius 1 is 0.169 bits per heavy atom. The van der Waals surface area contributed by atoms with E-state index in [-0.39, 0.29) is 20.1 Å². The lowest BCUT2D eigenvalue weighted by Crippen LogP contribution is -2.69. The lowest BCUT2D eigenvalue weighted by atomic mass is 9.28. The van der Waals surface area contributed by atoms with Gasteiger partial charge >= 0.3 is 0 Å². The molecule has 0 saturated carbocycles. The van der Waals surface area contributed by atoms with Crippen LogP contribution in [0.4, 0.5) is 85.3 Å². The van der Waals surface area contributed by atoms with Crippen molar-refractivity contribution >= 4 is 155 Å². The van der Waals surface area contributed by atoms with Gasteiger partial charge in [-0.25, -0.2) is 0 Å². The maximum atomic E-state index is 7.53. The van der Waals surface area contributed by atoms with Gasteiger partial charge in [-0.3, -0.25) is 0 Å². The van der Waals surface area contributed by atoms with Crippen molar-refractivity contribution in [3.05, 3.63) is 436 Å². The third kappa shape index (κ3) is 10.8. The van der Waals surface area contributed by atoms with E-state index in [9.17, 15) is 0 Å². The maximum Gasteiger partial charge on any atom is 0.252 e. The Morgan fingerprint density at radius 3 is 0.734 bits per heavy atom. The van der Waals surface area contributed by atoms with Gasteiger partial charge < -0.3 is 29.2 Å². The van der Waals surface area contributed by atoms with Crippen LogP contribution in [0.2, 0.25) is 0 Å². The molecule has 7 aliphatic rings. The summed E-state index contributed by atoms with van der Waals surface area (Å²) in [6.07, 6.45) is 0. The van der Waals surface area contributed by atoms with E-state index >= 15 is 0 Å². The van der Waals surface area contributed by atoms with Crippen LogP contribution in [0.15, 0.2) is 431 Å². The Morgan fingerprint density at radius 2 is 0.419 bits per heavy atom. The normalized spacial score (nSPS) is 13.3. The van der Waals surface area contributed by atoms with Crippen molar-refractivity contribution in [2.75, 3.05) is 24.5 Å². The molecule has 26 rings (SSSR count). The highest BCUT2D eigenvalue weighted by Gasteiger charge is 2.55. The predicted octanol–water partition coefficient (Wildman–Crippen LogP) is 24.2. The number of fused-ring (bicyclic) bond motifs is 10. The second kappa shape index (κ2) is 27.6. The molecule has 0 radical (unpaired) electrons. The molecule has 0 saturated heterocycles. The summed E-state index contributed by atoms with van der Waals surface area (Å²) in [5.41, 5.74) is 47.1. The molecule has 19 aromatic rings. The van der Waals surface area contributed by atoms with E-state index in [2.05, 4.69) is 462 Å². The monoisotopic (exact) mass is 1570 g/mol. The second-order valence-electron chi connectivity index (χ2n) is 33.9. The van der Waals surface area contributed by atoms with Crippen LogP contribution >= 0.6 is 0 Å². The van der Waals surface area contributed by atoms with Crippen molar-refractivity contribution in [1.82, 2.24) is 0 Å². The Hall–Kier alpha value is -15.8. The Labute approximate surface area is 722 Å². The molecule has 6 nitrogen and oxygen atoms in total. The molecule has 574 valence electrons. The lowest BCUT2D eigenvalue weighted by Gasteiger charge is -2.52. The number of hydrogen-bond donors (Lipinski definition) is 0. The van der Waals surface area contributed by atoms with Crippen LogP contribution in [0.3, 0.4) is 0 Å². The van der Waals surface area contributed by atoms with Crippen molar-refractivity contribution in [2.45, 2.75) is 6.92 Å². The average molecular weight is 1570 g/mol. The van der Waals surface area contributed by atoms with E-state index < -0.39 is 0 Å². The highest BCUT2D eigenvalue weighted by molar-refractivity contribution is 7.06. The molecule has 0 bridgehead atoms. The van der Waals surface area contributed by atoms with Crippen LogP contribution in [0.5, 0.6) is 11.5 Å². The third-order valence-corrected chi connectivity index (χ3v) is 26.8. The summed E-state index contributed by atoms with van der Waals surface area (Å²) < 4.78 is 7.53. The van der Waals surface area contributed by atoms with E-state index in [1.807, 2.05) is 0 Å². The van der Waals surface area contributed by atoms with Gasteiger partial charge in [-0.1, -0.05) is 309 Å². The van der Waals surface area contributed by atoms with Crippen molar-refractivity contribution in [3.8, 4) is 101 Å². The Bertz CT molecular complexity index is 7400. The van der Waals surface area contributed by atoms with E-state index in [1.165, 1.54) is 54.9 Å². The number of nitrogens with zero attached hydrogens (tertiary/aromatic N) is 5. The van der Waals surface area contributed by atoms with Gasteiger partial charge in [0.25, 0.3) is 20.1 Å². The number of anilines is 15. The summed E-state index contributed by atoms with van der Waals surface area (Å²) in [6.45, 7) is 1.51. The van der Waals surface area contributed by atoms with Crippen molar-refractivity contribution in [1.29, 1.82) is 0 Å². The third-order valence-electron chi connectivity index (χ3n) is 26.8. The van der Waals surface area contributed by atoms with Crippen molar-refractivity contribution in [2.24, 2.45) is 0 Å². The van der Waals surface area contributed by atoms with Crippen LogP contribution in [0, 0.1) is 6.92 Å². The molecule has 0 amide bonds. The van der Waals surface area contributed by atoms with Crippen LogP contribution < -0.4 is 78.4 Å². The zero-order valence-corrected chi connectivity index (χ0v) is 67.9. The summed E-state index contributed by atoms with van der Waals surface area (Å²) >= 11 is 0. The molecule has 0 N–H and O–H groups in total. The fourth-order valence-electron chi connectivity index (χ4n) is 21.7. The maximum absolute atomic E-state index is 7.53. The molecule has 7 aliphatic heterocycles. The Kier molecular flexibility index (Phi) is 15.6. The molecule has 7 heterocycles. The average Bonchev–Trinajstić information content (AvgIpc) is 0.657. The second-order valence-corrected chi connectivity index (χ2v) is 33.9. The molecule has 0 spiro atoms. The molecule has 0 atom stereocenters. The first-order valence-electron chi connectivity index (χ1n) is 43.1. The molecule has 19 aromatic carbocycles. The SMILES string of the molecule is Cc1cc2c3c(c1)N(c1cc(-c4ccccc4)cc(-c4ccccc4)c1)c1cc4c(cc1B3c1ccccc1N2c1cc(-c2ccccc2)cc(-c2ccccc2)c1)B1c2cccc3c2N2c5c(cccc5B5c6ccccc6N(c6cc(-c7ccccc7)cc(-c7ccccc7)c6)c6cc(c1c2c65)N4c1cc(-c2ccccc2)cc(-c2ccccc2)c1)O3. The van der Waals surface area contributed by atoms with E-state index in [1.54, 1.807) is 0 Å². The highest BCUT2D eigenvalue weighted by Crippen LogP contribution is 2.58. The fourth-order valence-corrected chi connectivity index (χ4v) is 21.7. The van der Waals surface area contributed by atoms with Crippen molar-refractivity contribution in [3.63, 3.8) is 0 Å². The minimum Gasteiger partial charge on any atom is -0.453 e. The van der Waals surface area contributed by atoms with E-state index in [0.29, 0.717) is 0 Å². The smallest absolute Gasteiger partial charge is 0.252 e. The topological polar surface area (TPSA) is 25.4 Å². The molecule has 9 heteroatoms. The number of hydrogen-bond acceptors (Lipinski definition) is 6. The number of benzene rings is 19. The quantitative estimate of drug-likeness (QED) is 0.113. The largest absolute Gasteiger partial charge is 0.453 e. The molecule has 0 fully saturated rings. The Balaban J connectivity index is 0.809. The number of aryl methyl sites for hydroxylation is 1. The van der Waals surface area contributed by atoms with Crippen LogP contribution in [-0.4, -0.2) is 20.1 Å². The fraction of sp³-hybridized carbons (Fsp3) is 0.00870. The molecule has 0 aliphatic carbocycles. The summed E-state index contributed by atoms with van der Waals surface area (Å²) in [7, 11) is 0. The zero-order valence-electron chi connectivity index (χ0n) is 67.9. The summed E-state index contributed by atoms with van der Waals surface area (Å²) in [5, 5.41) is 0. The summed E-state index contributed by atoms with van der Waals surface area (Å²) in [4.78, 5) is 13.3. The first kappa shape index (κ1) is 70.1. The number of para-hydroxylation sites is 4. The van der Waals surface area contributed by atoms with Crippen LogP contribution in [0.25, 0.3) is 89.0 Å². The van der Waals surface area contributed by atoms with Gasteiger partial charge in [0.2, 0.25) is 0 Å². The van der Waals surface area contributed by atoms with Crippen LogP contribution in [-0.2, 0) is 0 Å². The van der Waals surface area contributed by atoms with Gasteiger partial charge in [0.1, 0.15) is 0 Å². The zero-order chi connectivity index (χ0) is 81.4. The van der Waals surface area contributed by atoms with Gasteiger partial charge in [0.05, 0.1) is 11.4 Å². The van der Waals surface area contributed by atoms with Crippen LogP contribution in [0.1, 0.15) is 5.56 Å². The van der Waals surface area contributed by atoms with Gasteiger partial charge in [0, 0.05) is 73.9 Å². The first-order valence-corrected chi connectivity index (χ1v) is 43.1.